The van der Waals surface area contributed by atoms with Gasteiger partial charge in [-0.3, -0.25) is 9.59 Å². The van der Waals surface area contributed by atoms with Crippen molar-refractivity contribution in [1.29, 1.82) is 0 Å². The SMILES string of the molecule is CCOC(=O)c1c(NC(=O)COc2ccc3c(=O)c(Oc4ccccc4Cl)coc3c2)sc2c1CCCC2. The topological polar surface area (TPSA) is 104 Å². The van der Waals surface area contributed by atoms with Crippen molar-refractivity contribution in [3.63, 3.8) is 0 Å². The third-order valence-electron chi connectivity index (χ3n) is 6.04. The monoisotopic (exact) mass is 553 g/mol. The molecule has 0 saturated heterocycles. The molecule has 1 amide bonds. The standard InChI is InChI=1S/C28H24ClNO7S/c1-2-34-28(33)25-18-7-3-6-10-23(18)38-27(25)30-24(31)15-35-16-11-12-17-21(13-16)36-14-22(26(17)32)37-20-9-5-4-8-19(20)29/h4-5,8-9,11-14H,2-3,6-7,10,15H2,1H3,(H,30,31). The van der Waals surface area contributed by atoms with Gasteiger partial charge >= 0.3 is 5.97 Å². The van der Waals surface area contributed by atoms with E-state index in [1.54, 1.807) is 43.3 Å². The van der Waals surface area contributed by atoms with Gasteiger partial charge < -0.3 is 23.9 Å². The van der Waals surface area contributed by atoms with Crippen LogP contribution in [0.25, 0.3) is 11.0 Å². The van der Waals surface area contributed by atoms with Crippen molar-refractivity contribution >= 4 is 50.8 Å². The van der Waals surface area contributed by atoms with Crippen LogP contribution in [-0.2, 0) is 22.4 Å². The Kier molecular flexibility index (Phi) is 7.67. The molecule has 0 atom stereocenters. The van der Waals surface area contributed by atoms with Crippen LogP contribution in [0.3, 0.4) is 0 Å². The third-order valence-corrected chi connectivity index (χ3v) is 7.56. The summed E-state index contributed by atoms with van der Waals surface area (Å²) in [6.45, 7) is 1.71. The Labute approximate surface area is 227 Å². The quantitative estimate of drug-likeness (QED) is 0.253. The summed E-state index contributed by atoms with van der Waals surface area (Å²) in [5.74, 6) is -0.171. The van der Waals surface area contributed by atoms with Crippen LogP contribution in [0.15, 0.2) is 57.9 Å². The molecule has 2 aromatic carbocycles. The Morgan fingerprint density at radius 2 is 1.92 bits per heavy atom. The maximum Gasteiger partial charge on any atom is 0.341 e. The number of carbonyl (C=O) groups is 2. The van der Waals surface area contributed by atoms with Gasteiger partial charge in [0.2, 0.25) is 11.2 Å². The van der Waals surface area contributed by atoms with E-state index in [1.807, 2.05) is 0 Å². The van der Waals surface area contributed by atoms with E-state index in [0.717, 1.165) is 36.1 Å². The Morgan fingerprint density at radius 3 is 2.74 bits per heavy atom. The highest BCUT2D eigenvalue weighted by atomic mass is 35.5. The molecule has 38 heavy (non-hydrogen) atoms. The van der Waals surface area contributed by atoms with Crippen molar-refractivity contribution in [3.8, 4) is 17.2 Å². The Hall–Kier alpha value is -3.82. The normalized spacial score (nSPS) is 12.6. The molecule has 0 radical (unpaired) electrons. The third kappa shape index (κ3) is 5.39. The molecule has 1 aliphatic carbocycles. The summed E-state index contributed by atoms with van der Waals surface area (Å²) >= 11 is 7.53. The van der Waals surface area contributed by atoms with Crippen molar-refractivity contribution in [2.45, 2.75) is 32.6 Å². The molecule has 2 aromatic heterocycles. The molecule has 10 heteroatoms. The lowest BCUT2D eigenvalue weighted by Crippen LogP contribution is -2.21. The first kappa shape index (κ1) is 25.8. The summed E-state index contributed by atoms with van der Waals surface area (Å²) in [6, 6.07) is 11.4. The molecule has 196 valence electrons. The van der Waals surface area contributed by atoms with E-state index in [2.05, 4.69) is 5.32 Å². The van der Waals surface area contributed by atoms with Crippen molar-refractivity contribution in [2.24, 2.45) is 0 Å². The zero-order valence-electron chi connectivity index (χ0n) is 20.5. The molecule has 8 nitrogen and oxygen atoms in total. The van der Waals surface area contributed by atoms with Crippen molar-refractivity contribution in [1.82, 2.24) is 0 Å². The maximum absolute atomic E-state index is 12.9. The number of fused-ring (bicyclic) bond motifs is 2. The van der Waals surface area contributed by atoms with Crippen LogP contribution < -0.4 is 20.2 Å². The fourth-order valence-corrected chi connectivity index (χ4v) is 5.75. The average Bonchev–Trinajstić information content (AvgIpc) is 3.28. The molecule has 0 fully saturated rings. The Bertz CT molecular complexity index is 1580. The second-order valence-electron chi connectivity index (χ2n) is 8.59. The van der Waals surface area contributed by atoms with Gasteiger partial charge in [0.05, 0.1) is 22.6 Å². The summed E-state index contributed by atoms with van der Waals surface area (Å²) in [4.78, 5) is 39.3. The summed E-state index contributed by atoms with van der Waals surface area (Å²) in [7, 11) is 0. The number of nitrogens with one attached hydrogen (secondary N) is 1. The minimum absolute atomic E-state index is 0.00491. The molecule has 0 bridgehead atoms. The van der Waals surface area contributed by atoms with Crippen molar-refractivity contribution < 1.29 is 28.2 Å². The first-order chi connectivity index (χ1) is 18.4. The Morgan fingerprint density at radius 1 is 1.11 bits per heavy atom. The largest absolute Gasteiger partial charge is 0.484 e. The lowest BCUT2D eigenvalue weighted by atomic mass is 9.95. The van der Waals surface area contributed by atoms with E-state index in [1.165, 1.54) is 23.7 Å². The van der Waals surface area contributed by atoms with E-state index >= 15 is 0 Å². The van der Waals surface area contributed by atoms with Gasteiger partial charge in [0.25, 0.3) is 5.91 Å². The fraction of sp³-hybridized carbons (Fsp3) is 0.250. The highest BCUT2D eigenvalue weighted by molar-refractivity contribution is 7.17. The number of anilines is 1. The van der Waals surface area contributed by atoms with E-state index in [4.69, 9.17) is 30.2 Å². The molecular weight excluding hydrogens is 530 g/mol. The summed E-state index contributed by atoms with van der Waals surface area (Å²) in [6.07, 6.45) is 4.93. The van der Waals surface area contributed by atoms with Gasteiger partial charge in [-0.25, -0.2) is 4.79 Å². The smallest absolute Gasteiger partial charge is 0.341 e. The maximum atomic E-state index is 12.9. The van der Waals surface area contributed by atoms with Gasteiger partial charge in [-0.1, -0.05) is 23.7 Å². The number of hydrogen-bond donors (Lipinski definition) is 1. The number of aryl methyl sites for hydroxylation is 1. The van der Waals surface area contributed by atoms with Crippen LogP contribution in [0.5, 0.6) is 17.2 Å². The molecular formula is C28H24ClNO7S. The summed E-state index contributed by atoms with van der Waals surface area (Å²) in [5.41, 5.74) is 1.32. The molecule has 2 heterocycles. The van der Waals surface area contributed by atoms with Gasteiger partial charge in [0, 0.05) is 10.9 Å². The van der Waals surface area contributed by atoms with Crippen LogP contribution >= 0.6 is 22.9 Å². The first-order valence-electron chi connectivity index (χ1n) is 12.2. The van der Waals surface area contributed by atoms with Crippen LogP contribution in [0.1, 0.15) is 40.6 Å². The molecule has 0 unspecified atom stereocenters. The minimum atomic E-state index is -0.425. The van der Waals surface area contributed by atoms with E-state index in [-0.39, 0.29) is 35.4 Å². The number of amides is 1. The van der Waals surface area contributed by atoms with Crippen LogP contribution in [0.2, 0.25) is 5.02 Å². The van der Waals surface area contributed by atoms with E-state index in [9.17, 15) is 14.4 Å². The van der Waals surface area contributed by atoms with E-state index in [0.29, 0.717) is 27.1 Å². The molecule has 0 aliphatic heterocycles. The predicted octanol–water partition coefficient (Wildman–Crippen LogP) is 6.37. The van der Waals surface area contributed by atoms with Gasteiger partial charge in [-0.2, -0.15) is 0 Å². The van der Waals surface area contributed by atoms with Crippen LogP contribution in [0, 0.1) is 0 Å². The zero-order valence-corrected chi connectivity index (χ0v) is 22.1. The van der Waals surface area contributed by atoms with E-state index < -0.39 is 11.9 Å². The molecule has 0 saturated carbocycles. The number of ether oxygens (including phenoxy) is 3. The number of halogens is 1. The second kappa shape index (κ2) is 11.3. The second-order valence-corrected chi connectivity index (χ2v) is 10.1. The number of thiophene rings is 1. The van der Waals surface area contributed by atoms with Gasteiger partial charge in [0.1, 0.15) is 28.3 Å². The van der Waals surface area contributed by atoms with Crippen molar-refractivity contribution in [2.75, 3.05) is 18.5 Å². The summed E-state index contributed by atoms with van der Waals surface area (Å²) in [5, 5.41) is 3.95. The number of carbonyl (C=O) groups excluding carboxylic acids is 2. The molecule has 0 spiro atoms. The fourth-order valence-electron chi connectivity index (χ4n) is 4.28. The molecule has 1 aliphatic rings. The van der Waals surface area contributed by atoms with Crippen LogP contribution in [-0.4, -0.2) is 25.1 Å². The number of hydrogen-bond acceptors (Lipinski definition) is 8. The van der Waals surface area contributed by atoms with Gasteiger partial charge in [-0.15, -0.1) is 11.3 Å². The van der Waals surface area contributed by atoms with Gasteiger partial charge in [-0.05, 0) is 62.4 Å². The number of benzene rings is 2. The molecule has 5 rings (SSSR count). The highest BCUT2D eigenvalue weighted by Crippen LogP contribution is 2.38. The van der Waals surface area contributed by atoms with Crippen LogP contribution in [0.4, 0.5) is 5.00 Å². The lowest BCUT2D eigenvalue weighted by molar-refractivity contribution is -0.118. The molecule has 4 aromatic rings. The van der Waals surface area contributed by atoms with Crippen molar-refractivity contribution in [3.05, 3.63) is 80.0 Å². The number of para-hydroxylation sites is 1. The number of rotatable bonds is 8. The zero-order chi connectivity index (χ0) is 26.6. The molecule has 1 N–H and O–H groups in total. The highest BCUT2D eigenvalue weighted by Gasteiger charge is 2.27. The lowest BCUT2D eigenvalue weighted by Gasteiger charge is -2.12. The summed E-state index contributed by atoms with van der Waals surface area (Å²) < 4.78 is 22.1. The Balaban J connectivity index is 1.28. The predicted molar refractivity (Wildman–Crippen MR) is 145 cm³/mol. The van der Waals surface area contributed by atoms with Gasteiger partial charge in [0.15, 0.2) is 6.61 Å². The number of esters is 1. The first-order valence-corrected chi connectivity index (χ1v) is 13.4. The minimum Gasteiger partial charge on any atom is -0.484 e. The average molecular weight is 554 g/mol.